The van der Waals surface area contributed by atoms with Gasteiger partial charge in [0.2, 0.25) is 0 Å². The summed E-state index contributed by atoms with van der Waals surface area (Å²) in [6, 6.07) is -0.559. The zero-order valence-corrected chi connectivity index (χ0v) is 12.5. The van der Waals surface area contributed by atoms with Gasteiger partial charge in [0.15, 0.2) is 0 Å². The van der Waals surface area contributed by atoms with E-state index in [9.17, 15) is 4.79 Å². The molecule has 5 heteroatoms. The van der Waals surface area contributed by atoms with Gasteiger partial charge >= 0.3 is 6.09 Å². The van der Waals surface area contributed by atoms with Crippen LogP contribution < -0.4 is 5.32 Å². The molecule has 0 aromatic heterocycles. The van der Waals surface area contributed by atoms with Crippen molar-refractivity contribution in [3.8, 4) is 11.5 Å². The highest BCUT2D eigenvalue weighted by molar-refractivity contribution is 6.83. The van der Waals surface area contributed by atoms with Gasteiger partial charge in [-0.2, -0.15) is 0 Å². The highest BCUT2D eigenvalue weighted by Crippen LogP contribution is 2.06. The van der Waals surface area contributed by atoms with E-state index < -0.39 is 25.8 Å². The highest BCUT2D eigenvalue weighted by atomic mass is 28.3. The van der Waals surface area contributed by atoms with Gasteiger partial charge in [-0.15, -0.1) is 5.54 Å². The second-order valence-electron chi connectivity index (χ2n) is 5.90. The number of ether oxygens (including phenoxy) is 1. The summed E-state index contributed by atoms with van der Waals surface area (Å²) < 4.78 is 5.08. The Morgan fingerprint density at radius 1 is 1.41 bits per heavy atom. The molecule has 4 nitrogen and oxygen atoms in total. The van der Waals surface area contributed by atoms with Gasteiger partial charge in [0.1, 0.15) is 19.7 Å². The molecule has 0 bridgehead atoms. The van der Waals surface area contributed by atoms with E-state index in [0.717, 1.165) is 0 Å². The lowest BCUT2D eigenvalue weighted by Gasteiger charge is -2.21. The molecule has 17 heavy (non-hydrogen) atoms. The number of rotatable bonds is 2. The van der Waals surface area contributed by atoms with E-state index in [-0.39, 0.29) is 6.61 Å². The van der Waals surface area contributed by atoms with Crippen molar-refractivity contribution in [2.45, 2.75) is 52.1 Å². The van der Waals surface area contributed by atoms with E-state index in [4.69, 9.17) is 9.84 Å². The van der Waals surface area contributed by atoms with Crippen LogP contribution in [0, 0.1) is 11.5 Å². The minimum Gasteiger partial charge on any atom is -0.444 e. The van der Waals surface area contributed by atoms with E-state index in [2.05, 4.69) is 36.4 Å². The van der Waals surface area contributed by atoms with Crippen molar-refractivity contribution in [2.24, 2.45) is 0 Å². The second kappa shape index (κ2) is 6.08. The number of carbonyl (C=O) groups is 1. The zero-order chi connectivity index (χ0) is 13.7. The van der Waals surface area contributed by atoms with Crippen LogP contribution in [0.2, 0.25) is 19.6 Å². The van der Waals surface area contributed by atoms with Crippen LogP contribution in [0.5, 0.6) is 0 Å². The minimum atomic E-state index is -1.50. The minimum absolute atomic E-state index is 0.212. The lowest BCUT2D eigenvalue weighted by Crippen LogP contribution is -2.40. The predicted molar refractivity (Wildman–Crippen MR) is 71.4 cm³/mol. The Balaban J connectivity index is 4.41. The van der Waals surface area contributed by atoms with Crippen LogP contribution in [0.15, 0.2) is 0 Å². The van der Waals surface area contributed by atoms with Gasteiger partial charge in [-0.1, -0.05) is 25.6 Å². The van der Waals surface area contributed by atoms with Crippen LogP contribution in [0.3, 0.4) is 0 Å². The summed E-state index contributed by atoms with van der Waals surface area (Å²) >= 11 is 0. The summed E-state index contributed by atoms with van der Waals surface area (Å²) in [6.45, 7) is 11.4. The average Bonchev–Trinajstić information content (AvgIpc) is 2.07. The van der Waals surface area contributed by atoms with E-state index in [1.54, 1.807) is 20.8 Å². The molecule has 1 amide bonds. The first kappa shape index (κ1) is 16.0. The van der Waals surface area contributed by atoms with E-state index >= 15 is 0 Å². The Bertz CT molecular complexity index is 317. The van der Waals surface area contributed by atoms with Gasteiger partial charge < -0.3 is 15.2 Å². The van der Waals surface area contributed by atoms with Crippen molar-refractivity contribution in [2.75, 3.05) is 6.61 Å². The van der Waals surface area contributed by atoms with Gasteiger partial charge in [-0.25, -0.2) is 4.79 Å². The largest absolute Gasteiger partial charge is 0.444 e. The van der Waals surface area contributed by atoms with Gasteiger partial charge in [-0.05, 0) is 20.8 Å². The second-order valence-corrected chi connectivity index (χ2v) is 10.7. The molecule has 0 radical (unpaired) electrons. The number of alkyl carbamates (subject to hydrolysis) is 1. The molecule has 0 aromatic rings. The summed E-state index contributed by atoms with van der Waals surface area (Å²) in [6.07, 6.45) is -0.554. The molecular formula is C12H23NO3Si. The number of hydrogen-bond acceptors (Lipinski definition) is 3. The van der Waals surface area contributed by atoms with Crippen LogP contribution in [0.25, 0.3) is 0 Å². The van der Waals surface area contributed by atoms with Crippen LogP contribution in [0.4, 0.5) is 4.79 Å². The fraction of sp³-hybridized carbons (Fsp3) is 0.750. The maximum absolute atomic E-state index is 11.5. The van der Waals surface area contributed by atoms with E-state index in [0.29, 0.717) is 0 Å². The fourth-order valence-corrected chi connectivity index (χ4v) is 1.49. The summed E-state index contributed by atoms with van der Waals surface area (Å²) in [5.74, 6) is 2.88. The Hall–Kier alpha value is -0.993. The third-order valence-electron chi connectivity index (χ3n) is 1.49. The molecule has 1 unspecified atom stereocenters. The molecule has 0 saturated carbocycles. The topological polar surface area (TPSA) is 58.6 Å². The van der Waals surface area contributed by atoms with Gasteiger partial charge in [0.25, 0.3) is 0 Å². The van der Waals surface area contributed by atoms with Gasteiger partial charge in [-0.3, -0.25) is 0 Å². The lowest BCUT2D eigenvalue weighted by atomic mass is 10.2. The number of aliphatic hydroxyl groups excluding tert-OH is 1. The molecule has 0 fully saturated rings. The maximum atomic E-state index is 11.5. The molecule has 0 saturated heterocycles. The molecule has 2 N–H and O–H groups in total. The quantitative estimate of drug-likeness (QED) is 0.585. The molecule has 98 valence electrons. The predicted octanol–water partition coefficient (Wildman–Crippen LogP) is 1.75. The first-order valence-electron chi connectivity index (χ1n) is 5.66. The Labute approximate surface area is 105 Å². The summed E-state index contributed by atoms with van der Waals surface area (Å²) in [4.78, 5) is 11.5. The van der Waals surface area contributed by atoms with Crippen molar-refractivity contribution >= 4 is 14.2 Å². The number of amides is 1. The maximum Gasteiger partial charge on any atom is 0.408 e. The fourth-order valence-electron chi connectivity index (χ4n) is 0.881. The molecule has 1 atom stereocenters. The standard InChI is InChI=1S/C12H23NO3Si/c1-12(2,3)16-11(15)13-10(9-14)7-8-17(4,5)6/h10,14H,9H2,1-6H3,(H,13,15). The summed E-state index contributed by atoms with van der Waals surface area (Å²) in [5.41, 5.74) is 2.55. The third kappa shape index (κ3) is 9.91. The SMILES string of the molecule is CC(C)(C)OC(=O)NC(C#C[Si](C)(C)C)CO. The lowest BCUT2D eigenvalue weighted by molar-refractivity contribution is 0.0501. The molecule has 0 rings (SSSR count). The van der Waals surface area contributed by atoms with Gasteiger partial charge in [0.05, 0.1) is 6.61 Å². The molecule has 0 heterocycles. The van der Waals surface area contributed by atoms with E-state index in [1.165, 1.54) is 0 Å². The molecule has 0 aliphatic rings. The van der Waals surface area contributed by atoms with Crippen LogP contribution >= 0.6 is 0 Å². The number of hydrogen-bond donors (Lipinski definition) is 2. The van der Waals surface area contributed by atoms with Crippen LogP contribution in [-0.4, -0.2) is 37.5 Å². The van der Waals surface area contributed by atoms with Crippen molar-refractivity contribution in [1.82, 2.24) is 5.32 Å². The average molecular weight is 257 g/mol. The Morgan fingerprint density at radius 2 is 1.94 bits per heavy atom. The molecule has 0 spiro atoms. The van der Waals surface area contributed by atoms with Crippen molar-refractivity contribution < 1.29 is 14.6 Å². The molecule has 0 aliphatic heterocycles. The number of carbonyl (C=O) groups excluding carboxylic acids is 1. The monoisotopic (exact) mass is 257 g/mol. The molecular weight excluding hydrogens is 234 g/mol. The van der Waals surface area contributed by atoms with Crippen LogP contribution in [-0.2, 0) is 4.74 Å². The highest BCUT2D eigenvalue weighted by Gasteiger charge is 2.18. The molecule has 0 aliphatic carbocycles. The van der Waals surface area contributed by atoms with Crippen molar-refractivity contribution in [3.05, 3.63) is 0 Å². The molecule has 0 aromatic carbocycles. The van der Waals surface area contributed by atoms with Crippen molar-refractivity contribution in [3.63, 3.8) is 0 Å². The Morgan fingerprint density at radius 3 is 2.29 bits per heavy atom. The van der Waals surface area contributed by atoms with E-state index in [1.807, 2.05) is 0 Å². The van der Waals surface area contributed by atoms with Gasteiger partial charge in [0, 0.05) is 0 Å². The van der Waals surface area contributed by atoms with Crippen LogP contribution in [0.1, 0.15) is 20.8 Å². The number of aliphatic hydroxyl groups is 1. The summed E-state index contributed by atoms with van der Waals surface area (Å²) in [7, 11) is -1.50. The third-order valence-corrected chi connectivity index (χ3v) is 2.39. The van der Waals surface area contributed by atoms with Crippen molar-refractivity contribution in [1.29, 1.82) is 0 Å². The number of nitrogens with one attached hydrogen (secondary N) is 1. The Kier molecular flexibility index (Phi) is 5.72. The summed E-state index contributed by atoms with van der Waals surface area (Å²) in [5, 5.41) is 11.6. The first-order chi connectivity index (χ1) is 7.53. The normalized spacial score (nSPS) is 13.4. The smallest absolute Gasteiger partial charge is 0.408 e. The zero-order valence-electron chi connectivity index (χ0n) is 11.5. The first-order valence-corrected chi connectivity index (χ1v) is 9.16.